The van der Waals surface area contributed by atoms with Crippen LogP contribution in [0.25, 0.3) is 0 Å². The summed E-state index contributed by atoms with van der Waals surface area (Å²) in [6.45, 7) is 3.54. The molecule has 1 amide bonds. The van der Waals surface area contributed by atoms with Gasteiger partial charge >= 0.3 is 11.9 Å². The minimum absolute atomic E-state index is 0.0402. The van der Waals surface area contributed by atoms with E-state index < -0.39 is 33.4 Å². The average molecular weight is 462 g/mol. The number of amides is 1. The summed E-state index contributed by atoms with van der Waals surface area (Å²) in [5.74, 6) is -2.96. The smallest absolute Gasteiger partial charge is 0.338 e. The van der Waals surface area contributed by atoms with E-state index in [-0.39, 0.29) is 35.8 Å². The van der Waals surface area contributed by atoms with E-state index in [9.17, 15) is 22.8 Å². The van der Waals surface area contributed by atoms with Gasteiger partial charge in [0, 0.05) is 5.69 Å². The summed E-state index contributed by atoms with van der Waals surface area (Å²) in [6.07, 6.45) is 0.983. The number of aryl methyl sites for hydroxylation is 1. The average Bonchev–Trinajstić information content (AvgIpc) is 2.74. The Morgan fingerprint density at radius 3 is 1.97 bits per heavy atom. The monoisotopic (exact) mass is 461 g/mol. The quantitative estimate of drug-likeness (QED) is 0.511. The normalized spacial score (nSPS) is 10.9. The number of esters is 2. The number of nitrogens with one attached hydrogen (secondary N) is 1. The molecule has 0 fully saturated rings. The van der Waals surface area contributed by atoms with Crippen LogP contribution in [-0.4, -0.2) is 51.0 Å². The van der Waals surface area contributed by atoms with E-state index in [0.717, 1.165) is 5.56 Å². The molecule has 0 atom stereocenters. The zero-order chi connectivity index (χ0) is 23.6. The highest BCUT2D eigenvalue weighted by Crippen LogP contribution is 2.18. The fourth-order valence-electron chi connectivity index (χ4n) is 2.97. The van der Waals surface area contributed by atoms with Crippen molar-refractivity contribution in [1.29, 1.82) is 0 Å². The summed E-state index contributed by atoms with van der Waals surface area (Å²) < 4.78 is 34.6. The lowest BCUT2D eigenvalue weighted by Crippen LogP contribution is -2.25. The summed E-state index contributed by atoms with van der Waals surface area (Å²) in [5, 5.41) is 2.45. The highest BCUT2D eigenvalue weighted by molar-refractivity contribution is 7.92. The van der Waals surface area contributed by atoms with Gasteiger partial charge in [0.25, 0.3) is 0 Å². The van der Waals surface area contributed by atoms with Crippen LogP contribution in [0.4, 0.5) is 5.69 Å². The number of benzene rings is 2. The summed E-state index contributed by atoms with van der Waals surface area (Å²) in [7, 11) is -3.64. The van der Waals surface area contributed by atoms with Gasteiger partial charge < -0.3 is 14.8 Å². The second-order valence-electron chi connectivity index (χ2n) is 6.97. The Morgan fingerprint density at radius 2 is 1.44 bits per heavy atom. The third-order valence-electron chi connectivity index (χ3n) is 4.35. The van der Waals surface area contributed by atoms with E-state index >= 15 is 0 Å². The van der Waals surface area contributed by atoms with Gasteiger partial charge in [0.15, 0.2) is 9.84 Å². The Hall–Kier alpha value is -3.20. The van der Waals surface area contributed by atoms with E-state index in [0.29, 0.717) is 12.8 Å². The lowest BCUT2D eigenvalue weighted by atomic mass is 10.1. The second kappa shape index (κ2) is 12.0. The Kier molecular flexibility index (Phi) is 9.39. The molecule has 2 aromatic carbocycles. The predicted octanol–water partition coefficient (Wildman–Crippen LogP) is 3.03. The zero-order valence-electron chi connectivity index (χ0n) is 18.1. The van der Waals surface area contributed by atoms with Gasteiger partial charge in [-0.05, 0) is 50.5 Å². The van der Waals surface area contributed by atoms with Crippen molar-refractivity contribution in [2.75, 3.05) is 30.0 Å². The lowest BCUT2D eigenvalue weighted by molar-refractivity contribution is -0.113. The number of hydrogen-bond donors (Lipinski definition) is 1. The van der Waals surface area contributed by atoms with E-state index in [1.54, 1.807) is 13.8 Å². The molecule has 0 aliphatic rings. The maximum absolute atomic E-state index is 12.4. The molecule has 32 heavy (non-hydrogen) atoms. The van der Waals surface area contributed by atoms with Crippen LogP contribution in [0.2, 0.25) is 0 Å². The molecule has 2 aromatic rings. The SMILES string of the molecule is CCOC(=O)c1cc(NC(=O)CS(=O)(=O)CCCc2ccccc2)cc(C(=O)OCC)c1. The van der Waals surface area contributed by atoms with Crippen molar-refractivity contribution in [3.05, 3.63) is 65.2 Å². The molecule has 0 spiro atoms. The van der Waals surface area contributed by atoms with Crippen molar-refractivity contribution in [3.8, 4) is 0 Å². The molecule has 172 valence electrons. The van der Waals surface area contributed by atoms with Gasteiger partial charge in [0.2, 0.25) is 5.91 Å². The van der Waals surface area contributed by atoms with E-state index in [1.165, 1.54) is 18.2 Å². The van der Waals surface area contributed by atoms with E-state index in [4.69, 9.17) is 9.47 Å². The van der Waals surface area contributed by atoms with Crippen LogP contribution in [0.3, 0.4) is 0 Å². The van der Waals surface area contributed by atoms with Crippen LogP contribution in [0, 0.1) is 0 Å². The third kappa shape index (κ3) is 8.14. The Bertz CT molecular complexity index is 1010. The molecule has 0 saturated heterocycles. The first-order valence-electron chi connectivity index (χ1n) is 10.3. The van der Waals surface area contributed by atoms with Gasteiger partial charge in [-0.25, -0.2) is 18.0 Å². The van der Waals surface area contributed by atoms with Crippen LogP contribution in [0.15, 0.2) is 48.5 Å². The topological polar surface area (TPSA) is 116 Å². The molecule has 8 nitrogen and oxygen atoms in total. The Balaban J connectivity index is 2.06. The molecule has 0 saturated carbocycles. The van der Waals surface area contributed by atoms with Crippen molar-refractivity contribution >= 4 is 33.4 Å². The first-order chi connectivity index (χ1) is 15.2. The largest absolute Gasteiger partial charge is 0.462 e. The van der Waals surface area contributed by atoms with Crippen LogP contribution in [0.5, 0.6) is 0 Å². The zero-order valence-corrected chi connectivity index (χ0v) is 18.9. The number of rotatable bonds is 11. The van der Waals surface area contributed by atoms with Crippen molar-refractivity contribution in [2.24, 2.45) is 0 Å². The molecular formula is C23H27NO7S. The van der Waals surface area contributed by atoms with Gasteiger partial charge in [-0.2, -0.15) is 0 Å². The minimum atomic E-state index is -3.64. The molecule has 1 N–H and O–H groups in total. The van der Waals surface area contributed by atoms with Crippen LogP contribution in [0.1, 0.15) is 46.5 Å². The number of ether oxygens (including phenoxy) is 2. The highest BCUT2D eigenvalue weighted by Gasteiger charge is 2.19. The molecule has 9 heteroatoms. The number of carbonyl (C=O) groups excluding carboxylic acids is 3. The van der Waals surface area contributed by atoms with Gasteiger partial charge in [0.1, 0.15) is 5.75 Å². The minimum Gasteiger partial charge on any atom is -0.462 e. The first kappa shape index (κ1) is 25.1. The second-order valence-corrected chi connectivity index (χ2v) is 9.15. The fraction of sp³-hybridized carbons (Fsp3) is 0.348. The van der Waals surface area contributed by atoms with Gasteiger partial charge in [0.05, 0.1) is 30.1 Å². The van der Waals surface area contributed by atoms with Gasteiger partial charge in [-0.15, -0.1) is 0 Å². The highest BCUT2D eigenvalue weighted by atomic mass is 32.2. The summed E-state index contributed by atoms with van der Waals surface area (Å²) in [5.41, 5.74) is 1.20. The fourth-order valence-corrected chi connectivity index (χ4v) is 4.17. The number of carbonyl (C=O) groups is 3. The molecule has 0 aliphatic heterocycles. The van der Waals surface area contributed by atoms with Crippen molar-refractivity contribution in [1.82, 2.24) is 0 Å². The summed E-state index contributed by atoms with van der Waals surface area (Å²) >= 11 is 0. The van der Waals surface area contributed by atoms with Crippen LogP contribution >= 0.6 is 0 Å². The lowest BCUT2D eigenvalue weighted by Gasteiger charge is -2.11. The molecule has 0 unspecified atom stereocenters. The third-order valence-corrected chi connectivity index (χ3v) is 5.97. The van der Waals surface area contributed by atoms with Crippen molar-refractivity contribution in [2.45, 2.75) is 26.7 Å². The van der Waals surface area contributed by atoms with Gasteiger partial charge in [-0.3, -0.25) is 4.79 Å². The molecule has 0 heterocycles. The van der Waals surface area contributed by atoms with Crippen molar-refractivity contribution < 1.29 is 32.3 Å². The molecule has 0 aliphatic carbocycles. The molecular weight excluding hydrogens is 434 g/mol. The summed E-state index contributed by atoms with van der Waals surface area (Å²) in [6, 6.07) is 13.4. The molecule has 0 aromatic heterocycles. The predicted molar refractivity (Wildman–Crippen MR) is 120 cm³/mol. The van der Waals surface area contributed by atoms with E-state index in [1.807, 2.05) is 30.3 Å². The van der Waals surface area contributed by atoms with Crippen molar-refractivity contribution in [3.63, 3.8) is 0 Å². The molecule has 0 radical (unpaired) electrons. The maximum Gasteiger partial charge on any atom is 0.338 e. The van der Waals surface area contributed by atoms with Crippen LogP contribution < -0.4 is 5.32 Å². The van der Waals surface area contributed by atoms with E-state index in [2.05, 4.69) is 5.32 Å². The number of sulfone groups is 1. The Morgan fingerprint density at radius 1 is 0.875 bits per heavy atom. The van der Waals surface area contributed by atoms with Crippen LogP contribution in [-0.2, 0) is 30.5 Å². The number of anilines is 1. The Labute approximate surface area is 187 Å². The standard InChI is InChI=1S/C23H27NO7S/c1-3-30-22(26)18-13-19(23(27)31-4-2)15-20(14-18)24-21(25)16-32(28,29)12-8-11-17-9-6-5-7-10-17/h5-7,9-10,13-15H,3-4,8,11-12,16H2,1-2H3,(H,24,25). The number of hydrogen-bond acceptors (Lipinski definition) is 7. The molecule has 0 bridgehead atoms. The maximum atomic E-state index is 12.4. The molecule has 2 rings (SSSR count). The summed E-state index contributed by atoms with van der Waals surface area (Å²) in [4.78, 5) is 36.5. The van der Waals surface area contributed by atoms with Gasteiger partial charge in [-0.1, -0.05) is 30.3 Å². The first-order valence-corrected chi connectivity index (χ1v) is 12.1.